The lowest BCUT2D eigenvalue weighted by atomic mass is 10.3. The van der Waals surface area contributed by atoms with Gasteiger partial charge in [0.2, 0.25) is 0 Å². The van der Waals surface area contributed by atoms with Crippen molar-refractivity contribution in [3.8, 4) is 16.3 Å². The van der Waals surface area contributed by atoms with Gasteiger partial charge in [0.05, 0.1) is 0 Å². The Morgan fingerprint density at radius 2 is 2.08 bits per heavy atom. The molecular formula is C16H11F3N2O2S2. The molecule has 0 bridgehead atoms. The first kappa shape index (κ1) is 17.4. The molecule has 0 atom stereocenters. The number of nitrogens with zero attached hydrogens (tertiary/aromatic N) is 1. The van der Waals surface area contributed by atoms with Crippen LogP contribution in [0.3, 0.4) is 0 Å². The fraction of sp³-hybridized carbons (Fsp3) is 0.125. The average molecular weight is 384 g/mol. The number of hydrogen-bond donors (Lipinski definition) is 1. The molecule has 0 fully saturated rings. The molecule has 3 rings (SSSR count). The monoisotopic (exact) mass is 384 g/mol. The van der Waals surface area contributed by atoms with Gasteiger partial charge in [-0.1, -0.05) is 6.07 Å². The SMILES string of the molecule is O=C(Nc1cccc(OCC(F)(F)F)c1)c1csc(-c2ccsc2)n1. The van der Waals surface area contributed by atoms with E-state index in [1.807, 2.05) is 16.8 Å². The molecule has 2 aromatic heterocycles. The Balaban J connectivity index is 1.67. The number of nitrogens with one attached hydrogen (secondary N) is 1. The number of carbonyl (C=O) groups is 1. The molecule has 3 aromatic rings. The number of carbonyl (C=O) groups excluding carboxylic acids is 1. The van der Waals surface area contributed by atoms with Crippen LogP contribution in [0.4, 0.5) is 18.9 Å². The van der Waals surface area contributed by atoms with Crippen molar-refractivity contribution < 1.29 is 22.7 Å². The Morgan fingerprint density at radius 3 is 2.80 bits per heavy atom. The van der Waals surface area contributed by atoms with Gasteiger partial charge in [-0.2, -0.15) is 24.5 Å². The van der Waals surface area contributed by atoms with Crippen LogP contribution >= 0.6 is 22.7 Å². The summed E-state index contributed by atoms with van der Waals surface area (Å²) in [5, 5.41) is 8.81. The third kappa shape index (κ3) is 4.80. The molecule has 0 aliphatic rings. The van der Waals surface area contributed by atoms with E-state index in [2.05, 4.69) is 15.0 Å². The van der Waals surface area contributed by atoms with Gasteiger partial charge in [-0.15, -0.1) is 11.3 Å². The molecule has 0 aliphatic carbocycles. The van der Waals surface area contributed by atoms with Crippen LogP contribution in [0.2, 0.25) is 0 Å². The van der Waals surface area contributed by atoms with Crippen LogP contribution in [0.5, 0.6) is 5.75 Å². The van der Waals surface area contributed by atoms with Gasteiger partial charge in [0, 0.05) is 28.1 Å². The quantitative estimate of drug-likeness (QED) is 0.669. The predicted octanol–water partition coefficient (Wildman–Crippen LogP) is 5.07. The molecule has 0 radical (unpaired) electrons. The lowest BCUT2D eigenvalue weighted by Gasteiger charge is -2.10. The number of benzene rings is 1. The lowest BCUT2D eigenvalue weighted by Crippen LogP contribution is -2.19. The van der Waals surface area contributed by atoms with E-state index in [1.165, 1.54) is 40.9 Å². The molecule has 0 spiro atoms. The maximum absolute atomic E-state index is 12.2. The summed E-state index contributed by atoms with van der Waals surface area (Å²) in [5.41, 5.74) is 1.51. The summed E-state index contributed by atoms with van der Waals surface area (Å²) in [6.07, 6.45) is -4.42. The van der Waals surface area contributed by atoms with Gasteiger partial charge in [-0.05, 0) is 23.6 Å². The van der Waals surface area contributed by atoms with Crippen molar-refractivity contribution in [1.82, 2.24) is 4.98 Å². The maximum Gasteiger partial charge on any atom is 0.422 e. The largest absolute Gasteiger partial charge is 0.484 e. The summed E-state index contributed by atoms with van der Waals surface area (Å²) in [6.45, 7) is -1.39. The second-order valence-corrected chi connectivity index (χ2v) is 6.57. The van der Waals surface area contributed by atoms with Crippen LogP contribution < -0.4 is 10.1 Å². The standard InChI is InChI=1S/C16H11F3N2O2S2/c17-16(18,19)9-23-12-3-1-2-11(6-12)20-14(22)13-8-25-15(21-13)10-4-5-24-7-10/h1-8H,9H2,(H,20,22). The summed E-state index contributed by atoms with van der Waals surface area (Å²) in [4.78, 5) is 16.5. The minimum absolute atomic E-state index is 0.0207. The summed E-state index contributed by atoms with van der Waals surface area (Å²) < 4.78 is 41.2. The molecule has 0 aliphatic heterocycles. The zero-order valence-electron chi connectivity index (χ0n) is 12.5. The van der Waals surface area contributed by atoms with Crippen LogP contribution in [0.1, 0.15) is 10.5 Å². The van der Waals surface area contributed by atoms with Crippen molar-refractivity contribution in [3.63, 3.8) is 0 Å². The maximum atomic E-state index is 12.2. The highest BCUT2D eigenvalue weighted by molar-refractivity contribution is 7.14. The number of amides is 1. The van der Waals surface area contributed by atoms with Crippen LogP contribution in [0.15, 0.2) is 46.5 Å². The fourth-order valence-corrected chi connectivity index (χ4v) is 3.43. The number of ether oxygens (including phenoxy) is 1. The van der Waals surface area contributed by atoms with Crippen LogP contribution in [-0.4, -0.2) is 23.7 Å². The molecule has 0 unspecified atom stereocenters. The van der Waals surface area contributed by atoms with E-state index >= 15 is 0 Å². The van der Waals surface area contributed by atoms with Gasteiger partial charge in [-0.25, -0.2) is 4.98 Å². The first-order chi connectivity index (χ1) is 11.9. The zero-order chi connectivity index (χ0) is 17.9. The molecular weight excluding hydrogens is 373 g/mol. The minimum Gasteiger partial charge on any atom is -0.484 e. The van der Waals surface area contributed by atoms with Gasteiger partial charge in [0.15, 0.2) is 6.61 Å². The van der Waals surface area contributed by atoms with E-state index in [0.717, 1.165) is 10.6 Å². The zero-order valence-corrected chi connectivity index (χ0v) is 14.2. The van der Waals surface area contributed by atoms with Crippen LogP contribution in [0.25, 0.3) is 10.6 Å². The molecule has 0 saturated carbocycles. The number of alkyl halides is 3. The van der Waals surface area contributed by atoms with Crippen molar-refractivity contribution in [3.05, 3.63) is 52.2 Å². The topological polar surface area (TPSA) is 51.2 Å². The van der Waals surface area contributed by atoms with E-state index in [1.54, 1.807) is 11.4 Å². The Morgan fingerprint density at radius 1 is 1.24 bits per heavy atom. The molecule has 130 valence electrons. The summed E-state index contributed by atoms with van der Waals surface area (Å²) in [6, 6.07) is 7.69. The second-order valence-electron chi connectivity index (χ2n) is 4.94. The number of aromatic nitrogens is 1. The van der Waals surface area contributed by atoms with Crippen molar-refractivity contribution in [2.24, 2.45) is 0 Å². The molecule has 9 heteroatoms. The number of thiazole rings is 1. The van der Waals surface area contributed by atoms with Gasteiger partial charge >= 0.3 is 6.18 Å². The summed E-state index contributed by atoms with van der Waals surface area (Å²) in [7, 11) is 0. The van der Waals surface area contributed by atoms with E-state index in [4.69, 9.17) is 0 Å². The average Bonchev–Trinajstić information content (AvgIpc) is 3.23. The first-order valence-corrected chi connectivity index (χ1v) is 8.82. The number of rotatable bonds is 5. The number of hydrogen-bond acceptors (Lipinski definition) is 5. The molecule has 4 nitrogen and oxygen atoms in total. The van der Waals surface area contributed by atoms with Crippen molar-refractivity contribution in [2.45, 2.75) is 6.18 Å². The van der Waals surface area contributed by atoms with Crippen LogP contribution in [0, 0.1) is 0 Å². The third-order valence-corrected chi connectivity index (χ3v) is 4.57. The van der Waals surface area contributed by atoms with E-state index in [9.17, 15) is 18.0 Å². The molecule has 25 heavy (non-hydrogen) atoms. The Hall–Kier alpha value is -2.39. The number of anilines is 1. The molecule has 1 aromatic carbocycles. The lowest BCUT2D eigenvalue weighted by molar-refractivity contribution is -0.153. The smallest absolute Gasteiger partial charge is 0.422 e. The Labute approximate surface area is 148 Å². The van der Waals surface area contributed by atoms with Crippen molar-refractivity contribution >= 4 is 34.3 Å². The van der Waals surface area contributed by atoms with E-state index in [0.29, 0.717) is 5.69 Å². The Bertz CT molecular complexity index is 860. The molecule has 0 saturated heterocycles. The van der Waals surface area contributed by atoms with Gasteiger partial charge in [0.25, 0.3) is 5.91 Å². The van der Waals surface area contributed by atoms with E-state index < -0.39 is 18.7 Å². The number of thiophene rings is 1. The normalized spacial score (nSPS) is 11.3. The van der Waals surface area contributed by atoms with Gasteiger partial charge in [0.1, 0.15) is 16.5 Å². The van der Waals surface area contributed by atoms with Crippen LogP contribution in [-0.2, 0) is 0 Å². The predicted molar refractivity (Wildman–Crippen MR) is 91.4 cm³/mol. The fourth-order valence-electron chi connectivity index (χ4n) is 1.92. The Kier molecular flexibility index (Phi) is 5.05. The minimum atomic E-state index is -4.42. The highest BCUT2D eigenvalue weighted by atomic mass is 32.1. The summed E-state index contributed by atoms with van der Waals surface area (Å²) >= 11 is 2.88. The number of halogens is 3. The molecule has 1 amide bonds. The second kappa shape index (κ2) is 7.24. The first-order valence-electron chi connectivity index (χ1n) is 7.00. The highest BCUT2D eigenvalue weighted by Gasteiger charge is 2.28. The highest BCUT2D eigenvalue weighted by Crippen LogP contribution is 2.26. The molecule has 2 heterocycles. The van der Waals surface area contributed by atoms with Crippen molar-refractivity contribution in [2.75, 3.05) is 11.9 Å². The summed E-state index contributed by atoms with van der Waals surface area (Å²) in [5.74, 6) is -0.418. The third-order valence-electron chi connectivity index (χ3n) is 3.00. The van der Waals surface area contributed by atoms with E-state index in [-0.39, 0.29) is 11.4 Å². The van der Waals surface area contributed by atoms with Gasteiger partial charge < -0.3 is 10.1 Å². The van der Waals surface area contributed by atoms with Gasteiger partial charge in [-0.3, -0.25) is 4.79 Å². The van der Waals surface area contributed by atoms with Crippen molar-refractivity contribution in [1.29, 1.82) is 0 Å². The molecule has 1 N–H and O–H groups in total.